The van der Waals surface area contributed by atoms with E-state index in [9.17, 15) is 18.0 Å². The molecule has 7 nitrogen and oxygen atoms in total. The van der Waals surface area contributed by atoms with E-state index in [2.05, 4.69) is 21.2 Å². The lowest BCUT2D eigenvalue weighted by Gasteiger charge is -2.34. The zero-order valence-corrected chi connectivity index (χ0v) is 25.3. The number of rotatable bonds is 12. The van der Waals surface area contributed by atoms with Crippen molar-refractivity contribution in [2.24, 2.45) is 0 Å². The summed E-state index contributed by atoms with van der Waals surface area (Å²) in [4.78, 5) is 29.2. The first kappa shape index (κ1) is 30.7. The van der Waals surface area contributed by atoms with Crippen LogP contribution in [-0.2, 0) is 32.6 Å². The van der Waals surface area contributed by atoms with Gasteiger partial charge in [0.05, 0.1) is 11.9 Å². The number of halogens is 2. The Kier molecular flexibility index (Phi) is 11.0. The minimum atomic E-state index is -3.84. The highest BCUT2D eigenvalue weighted by atomic mass is 79.9. The van der Waals surface area contributed by atoms with Gasteiger partial charge in [0.1, 0.15) is 12.6 Å². The number of hydrogen-bond acceptors (Lipinski definition) is 4. The number of carbonyl (C=O) groups excluding carboxylic acids is 2. The van der Waals surface area contributed by atoms with Crippen molar-refractivity contribution in [1.82, 2.24) is 10.2 Å². The lowest BCUT2D eigenvalue weighted by atomic mass is 10.0. The molecule has 2 amide bonds. The first-order valence-corrected chi connectivity index (χ1v) is 15.6. The molecule has 3 rings (SSSR count). The Bertz CT molecular complexity index is 1370. The van der Waals surface area contributed by atoms with Gasteiger partial charge in [0.2, 0.25) is 21.8 Å². The molecule has 0 aliphatic heterocycles. The van der Waals surface area contributed by atoms with Crippen molar-refractivity contribution in [2.75, 3.05) is 17.1 Å². The van der Waals surface area contributed by atoms with E-state index in [0.717, 1.165) is 28.1 Å². The van der Waals surface area contributed by atoms with Crippen molar-refractivity contribution in [3.8, 4) is 0 Å². The SMILES string of the molecule is CC[C@H](C)NC(=O)[C@@H](Cc1ccccc1)N(Cc1ccc(Cl)cc1)C(=O)CN(c1ccccc1Br)S(C)(=O)=O. The molecule has 0 bridgehead atoms. The minimum absolute atomic E-state index is 0.0923. The number of nitrogens with one attached hydrogen (secondary N) is 1. The van der Waals surface area contributed by atoms with E-state index in [1.807, 2.05) is 44.2 Å². The number of carbonyl (C=O) groups is 2. The van der Waals surface area contributed by atoms with Gasteiger partial charge in [-0.25, -0.2) is 8.42 Å². The second kappa shape index (κ2) is 14.0. The molecular weight excluding hydrogens is 602 g/mol. The molecule has 0 radical (unpaired) electrons. The molecule has 0 aliphatic rings. The summed E-state index contributed by atoms with van der Waals surface area (Å²) >= 11 is 9.48. The van der Waals surface area contributed by atoms with Crippen LogP contribution in [0.1, 0.15) is 31.4 Å². The summed E-state index contributed by atoms with van der Waals surface area (Å²) in [7, 11) is -3.84. The highest BCUT2D eigenvalue weighted by Gasteiger charge is 2.33. The molecule has 10 heteroatoms. The Hall–Kier alpha value is -2.88. The molecule has 0 aromatic heterocycles. The van der Waals surface area contributed by atoms with Gasteiger partial charge in [-0.3, -0.25) is 13.9 Å². The average molecular weight is 635 g/mol. The van der Waals surface area contributed by atoms with E-state index in [-0.39, 0.29) is 24.9 Å². The first-order valence-electron chi connectivity index (χ1n) is 12.6. The lowest BCUT2D eigenvalue weighted by molar-refractivity contribution is -0.140. The number of amides is 2. The molecule has 0 spiro atoms. The molecule has 1 N–H and O–H groups in total. The van der Waals surface area contributed by atoms with Gasteiger partial charge in [-0.15, -0.1) is 0 Å². The van der Waals surface area contributed by atoms with Crippen LogP contribution in [-0.4, -0.2) is 50.0 Å². The summed E-state index contributed by atoms with van der Waals surface area (Å²) < 4.78 is 27.3. The summed E-state index contributed by atoms with van der Waals surface area (Å²) in [6.45, 7) is 3.49. The molecule has 2 atom stereocenters. The zero-order chi connectivity index (χ0) is 28.6. The third kappa shape index (κ3) is 8.81. The normalized spacial score (nSPS) is 12.8. The van der Waals surface area contributed by atoms with Crippen molar-refractivity contribution in [1.29, 1.82) is 0 Å². The van der Waals surface area contributed by atoms with Crippen molar-refractivity contribution in [3.05, 3.63) is 99.5 Å². The third-order valence-corrected chi connectivity index (χ3v) is 8.39. The molecule has 208 valence electrons. The standard InChI is InChI=1S/C29H33BrClN3O4S/c1-4-21(2)32-29(36)27(18-22-10-6-5-7-11-22)33(19-23-14-16-24(31)17-15-23)28(35)20-34(39(3,37)38)26-13-9-8-12-25(26)30/h5-17,21,27H,4,18-20H2,1-3H3,(H,32,36)/t21-,27+/m0/s1. The highest BCUT2D eigenvalue weighted by molar-refractivity contribution is 9.10. The van der Waals surface area contributed by atoms with Crippen LogP contribution in [0.15, 0.2) is 83.3 Å². The van der Waals surface area contributed by atoms with E-state index in [4.69, 9.17) is 11.6 Å². The van der Waals surface area contributed by atoms with Gasteiger partial charge < -0.3 is 10.2 Å². The van der Waals surface area contributed by atoms with Gasteiger partial charge in [0.25, 0.3) is 0 Å². The van der Waals surface area contributed by atoms with E-state index in [1.54, 1.807) is 48.5 Å². The number of sulfonamides is 1. The predicted octanol–water partition coefficient (Wildman–Crippen LogP) is 5.42. The average Bonchev–Trinajstić information content (AvgIpc) is 2.90. The van der Waals surface area contributed by atoms with Gasteiger partial charge in [0, 0.05) is 28.5 Å². The molecular formula is C29H33BrClN3O4S. The minimum Gasteiger partial charge on any atom is -0.352 e. The molecule has 0 saturated heterocycles. The van der Waals surface area contributed by atoms with Crippen LogP contribution in [0.3, 0.4) is 0 Å². The van der Waals surface area contributed by atoms with Crippen LogP contribution in [0.25, 0.3) is 0 Å². The predicted molar refractivity (Wildman–Crippen MR) is 160 cm³/mol. The van der Waals surface area contributed by atoms with Crippen LogP contribution in [0.5, 0.6) is 0 Å². The molecule has 0 fully saturated rings. The monoisotopic (exact) mass is 633 g/mol. The van der Waals surface area contributed by atoms with Gasteiger partial charge in [-0.05, 0) is 64.7 Å². The third-order valence-electron chi connectivity index (χ3n) is 6.34. The topological polar surface area (TPSA) is 86.8 Å². The van der Waals surface area contributed by atoms with Crippen molar-refractivity contribution in [3.63, 3.8) is 0 Å². The van der Waals surface area contributed by atoms with Gasteiger partial charge >= 0.3 is 0 Å². The van der Waals surface area contributed by atoms with Crippen molar-refractivity contribution in [2.45, 2.75) is 45.3 Å². The van der Waals surface area contributed by atoms with Crippen LogP contribution >= 0.6 is 27.5 Å². The molecule has 3 aromatic rings. The molecule has 0 unspecified atom stereocenters. The fourth-order valence-electron chi connectivity index (χ4n) is 4.03. The molecule has 0 heterocycles. The summed E-state index contributed by atoms with van der Waals surface area (Å²) in [5.74, 6) is -0.811. The number of nitrogens with zero attached hydrogens (tertiary/aromatic N) is 2. The number of anilines is 1. The fourth-order valence-corrected chi connectivity index (χ4v) is 5.63. The van der Waals surface area contributed by atoms with Crippen molar-refractivity contribution >= 4 is 55.1 Å². The fraction of sp³-hybridized carbons (Fsp3) is 0.310. The second-order valence-electron chi connectivity index (χ2n) is 9.39. The van der Waals surface area contributed by atoms with Crippen LogP contribution in [0, 0.1) is 0 Å². The number of benzene rings is 3. The van der Waals surface area contributed by atoms with Gasteiger partial charge in [-0.1, -0.05) is 73.1 Å². The van der Waals surface area contributed by atoms with Crippen LogP contribution in [0.4, 0.5) is 5.69 Å². The molecule has 39 heavy (non-hydrogen) atoms. The Balaban J connectivity index is 2.06. The van der Waals surface area contributed by atoms with E-state index in [0.29, 0.717) is 15.2 Å². The highest BCUT2D eigenvalue weighted by Crippen LogP contribution is 2.28. The molecule has 3 aromatic carbocycles. The quantitative estimate of drug-likeness (QED) is 0.288. The summed E-state index contributed by atoms with van der Waals surface area (Å²) in [5.41, 5.74) is 1.97. The zero-order valence-electron chi connectivity index (χ0n) is 22.2. The summed E-state index contributed by atoms with van der Waals surface area (Å²) in [6.07, 6.45) is 2.04. The summed E-state index contributed by atoms with van der Waals surface area (Å²) in [5, 5.41) is 3.56. The van der Waals surface area contributed by atoms with Crippen molar-refractivity contribution < 1.29 is 18.0 Å². The van der Waals surface area contributed by atoms with E-state index >= 15 is 0 Å². The maximum absolute atomic E-state index is 14.0. The van der Waals surface area contributed by atoms with Crippen LogP contribution in [0.2, 0.25) is 5.02 Å². The Morgan fingerprint density at radius 1 is 0.949 bits per heavy atom. The summed E-state index contributed by atoms with van der Waals surface area (Å²) in [6, 6.07) is 22.3. The molecule has 0 saturated carbocycles. The van der Waals surface area contributed by atoms with E-state index < -0.39 is 28.5 Å². The number of para-hydroxylation sites is 1. The smallest absolute Gasteiger partial charge is 0.244 e. The van der Waals surface area contributed by atoms with Gasteiger partial charge in [-0.2, -0.15) is 0 Å². The Morgan fingerprint density at radius 3 is 2.15 bits per heavy atom. The first-order chi connectivity index (χ1) is 18.5. The lowest BCUT2D eigenvalue weighted by Crippen LogP contribution is -2.54. The van der Waals surface area contributed by atoms with Gasteiger partial charge in [0.15, 0.2) is 0 Å². The van der Waals surface area contributed by atoms with Crippen LogP contribution < -0.4 is 9.62 Å². The number of hydrogen-bond donors (Lipinski definition) is 1. The second-order valence-corrected chi connectivity index (χ2v) is 12.6. The Labute approximate surface area is 244 Å². The molecule has 0 aliphatic carbocycles. The maximum atomic E-state index is 14.0. The maximum Gasteiger partial charge on any atom is 0.244 e. The van der Waals surface area contributed by atoms with E-state index in [1.165, 1.54) is 4.90 Å². The Morgan fingerprint density at radius 2 is 1.56 bits per heavy atom. The largest absolute Gasteiger partial charge is 0.352 e.